The Hall–Kier alpha value is -4.84. The molecule has 0 radical (unpaired) electrons. The van der Waals surface area contributed by atoms with Crippen LogP contribution in [-0.2, 0) is 6.54 Å². The van der Waals surface area contributed by atoms with E-state index in [1.165, 1.54) is 41.5 Å². The number of aryl methyl sites for hydroxylation is 1. The van der Waals surface area contributed by atoms with Crippen molar-refractivity contribution in [1.29, 1.82) is 0 Å². The number of hydrogen-bond donors (Lipinski definition) is 0. The molecule has 3 aromatic carbocycles. The summed E-state index contributed by atoms with van der Waals surface area (Å²) in [5, 5.41) is 11.4. The van der Waals surface area contributed by atoms with Gasteiger partial charge in [-0.1, -0.05) is 44.0 Å². The van der Waals surface area contributed by atoms with E-state index in [-0.39, 0.29) is 17.6 Å². The summed E-state index contributed by atoms with van der Waals surface area (Å²) in [7, 11) is 3.35. The minimum absolute atomic E-state index is 0.00497. The molecule has 3 heterocycles. The molecule has 1 saturated heterocycles. The van der Waals surface area contributed by atoms with Gasteiger partial charge in [0.15, 0.2) is 0 Å². The molecule has 0 bridgehead atoms. The number of anilines is 1. The fourth-order valence-corrected chi connectivity index (χ4v) is 6.78. The first kappa shape index (κ1) is 34.0. The van der Waals surface area contributed by atoms with Crippen molar-refractivity contribution in [1.82, 2.24) is 39.6 Å². The number of methoxy groups -OCH3 is 1. The number of imidazole rings is 1. The lowest BCUT2D eigenvalue weighted by Crippen LogP contribution is -2.35. The highest BCUT2D eigenvalue weighted by molar-refractivity contribution is 5.97. The zero-order chi connectivity index (χ0) is 34.2. The molecule has 0 aliphatic carbocycles. The van der Waals surface area contributed by atoms with E-state index in [2.05, 4.69) is 61.1 Å². The maximum absolute atomic E-state index is 14.0. The molecule has 2 aromatic heterocycles. The van der Waals surface area contributed by atoms with Gasteiger partial charge in [-0.25, -0.2) is 14.1 Å². The fraction of sp³-hybridized carbons (Fsp3) is 0.432. The molecule has 258 valence electrons. The van der Waals surface area contributed by atoms with Gasteiger partial charge in [-0.05, 0) is 90.8 Å². The second kappa shape index (κ2) is 16.0. The molecule has 12 heteroatoms. The number of unbranched alkanes of at least 4 members (excludes halogenated alkanes) is 2. The van der Waals surface area contributed by atoms with Crippen molar-refractivity contribution in [2.24, 2.45) is 0 Å². The van der Waals surface area contributed by atoms with E-state index in [1.54, 1.807) is 37.3 Å². The summed E-state index contributed by atoms with van der Waals surface area (Å²) in [6, 6.07) is 20.4. The molecule has 1 amide bonds. The number of tetrazole rings is 1. The lowest BCUT2D eigenvalue weighted by molar-refractivity contribution is 0.0779. The number of benzene rings is 3. The van der Waals surface area contributed by atoms with Gasteiger partial charge in [0.25, 0.3) is 5.91 Å². The van der Waals surface area contributed by atoms with E-state index >= 15 is 0 Å². The van der Waals surface area contributed by atoms with E-state index in [0.29, 0.717) is 23.5 Å². The normalized spacial score (nSPS) is 14.6. The number of rotatable bonds is 14. The monoisotopic (exact) mass is 667 g/mol. The minimum Gasteiger partial charge on any atom is -0.496 e. The van der Waals surface area contributed by atoms with Gasteiger partial charge in [-0.15, -0.1) is 5.10 Å². The number of halogens is 1. The number of ether oxygens (including phenoxy) is 1. The zero-order valence-electron chi connectivity index (χ0n) is 28.7. The quantitative estimate of drug-likeness (QED) is 0.137. The Morgan fingerprint density at radius 3 is 2.61 bits per heavy atom. The number of para-hydroxylation sites is 2. The summed E-state index contributed by atoms with van der Waals surface area (Å²) in [6.07, 6.45) is 6.87. The molecule has 11 nitrogen and oxygen atoms in total. The molecule has 1 aliphatic rings. The molecular formula is C37H46FN9O2. The molecule has 1 aliphatic heterocycles. The molecular weight excluding hydrogens is 621 g/mol. The average molecular weight is 668 g/mol. The predicted molar refractivity (Wildman–Crippen MR) is 189 cm³/mol. The lowest BCUT2D eigenvalue weighted by atomic mass is 9.94. The van der Waals surface area contributed by atoms with Crippen LogP contribution in [0, 0.1) is 5.82 Å². The van der Waals surface area contributed by atoms with Crippen LogP contribution in [0.4, 0.5) is 10.3 Å². The Balaban J connectivity index is 1.14. The van der Waals surface area contributed by atoms with Crippen molar-refractivity contribution in [3.8, 4) is 11.4 Å². The summed E-state index contributed by atoms with van der Waals surface area (Å²) in [5.41, 5.74) is 4.34. The van der Waals surface area contributed by atoms with Crippen LogP contribution in [0.25, 0.3) is 16.7 Å². The summed E-state index contributed by atoms with van der Waals surface area (Å²) in [4.78, 5) is 25.6. The van der Waals surface area contributed by atoms with Crippen molar-refractivity contribution < 1.29 is 13.9 Å². The fourth-order valence-electron chi connectivity index (χ4n) is 6.78. The van der Waals surface area contributed by atoms with Crippen LogP contribution in [-0.4, -0.2) is 98.9 Å². The van der Waals surface area contributed by atoms with Crippen LogP contribution in [0.2, 0.25) is 0 Å². The number of fused-ring (bicyclic) bond motifs is 1. The van der Waals surface area contributed by atoms with Gasteiger partial charge >= 0.3 is 0 Å². The standard InChI is InChI=1S/C37H46FN9O2/c1-4-5-8-21-46-34-11-7-6-10-33(34)40-37(46)45-20-9-19-44(23-24-45)22-18-29(28-12-14-30(38)15-13-28)26-43(2)36(48)32-25-31(16-17-35(32)49-3)47-27-39-41-42-47/h6-7,10-17,25,27,29H,4-5,8-9,18-24,26H2,1-3H3. The third-order valence-electron chi connectivity index (χ3n) is 9.49. The molecule has 0 N–H and O–H groups in total. The van der Waals surface area contributed by atoms with Gasteiger partial charge in [0.1, 0.15) is 17.9 Å². The first-order valence-corrected chi connectivity index (χ1v) is 17.3. The first-order valence-electron chi connectivity index (χ1n) is 17.3. The molecule has 6 rings (SSSR count). The first-order chi connectivity index (χ1) is 23.9. The summed E-state index contributed by atoms with van der Waals surface area (Å²) in [6.45, 7) is 8.30. The van der Waals surface area contributed by atoms with Gasteiger partial charge in [-0.3, -0.25) is 4.79 Å². The largest absolute Gasteiger partial charge is 0.496 e. The topological polar surface area (TPSA) is 97.4 Å². The van der Waals surface area contributed by atoms with Gasteiger partial charge in [0, 0.05) is 45.7 Å². The van der Waals surface area contributed by atoms with Crippen LogP contribution < -0.4 is 9.64 Å². The number of nitrogens with zero attached hydrogens (tertiary/aromatic N) is 9. The molecule has 1 atom stereocenters. The van der Waals surface area contributed by atoms with E-state index in [4.69, 9.17) is 9.72 Å². The minimum atomic E-state index is -0.274. The summed E-state index contributed by atoms with van der Waals surface area (Å²) < 4.78 is 23.4. The highest BCUT2D eigenvalue weighted by Crippen LogP contribution is 2.28. The molecule has 0 saturated carbocycles. The second-order valence-corrected chi connectivity index (χ2v) is 12.8. The molecule has 1 fully saturated rings. The van der Waals surface area contributed by atoms with Gasteiger partial charge in [-0.2, -0.15) is 0 Å². The molecule has 0 spiro atoms. The van der Waals surface area contributed by atoms with Gasteiger partial charge < -0.3 is 24.0 Å². The third kappa shape index (κ3) is 8.07. The maximum Gasteiger partial charge on any atom is 0.257 e. The number of carbonyl (C=O) groups is 1. The van der Waals surface area contributed by atoms with E-state index in [1.807, 2.05) is 12.1 Å². The van der Waals surface area contributed by atoms with Crippen LogP contribution in [0.5, 0.6) is 5.75 Å². The lowest BCUT2D eigenvalue weighted by Gasteiger charge is -2.28. The second-order valence-electron chi connectivity index (χ2n) is 12.8. The Morgan fingerprint density at radius 2 is 1.84 bits per heavy atom. The zero-order valence-corrected chi connectivity index (χ0v) is 28.7. The number of aromatic nitrogens is 6. The Bertz CT molecular complexity index is 1810. The summed E-state index contributed by atoms with van der Waals surface area (Å²) in [5.74, 6) is 1.10. The highest BCUT2D eigenvalue weighted by Gasteiger charge is 2.25. The van der Waals surface area contributed by atoms with E-state index < -0.39 is 0 Å². The Morgan fingerprint density at radius 1 is 1.00 bits per heavy atom. The van der Waals surface area contributed by atoms with Crippen LogP contribution in [0.1, 0.15) is 60.9 Å². The van der Waals surface area contributed by atoms with Crippen molar-refractivity contribution in [2.45, 2.75) is 51.5 Å². The van der Waals surface area contributed by atoms with Crippen molar-refractivity contribution in [2.75, 3.05) is 58.3 Å². The Labute approximate surface area is 287 Å². The van der Waals surface area contributed by atoms with Crippen molar-refractivity contribution >= 4 is 22.9 Å². The Kier molecular flexibility index (Phi) is 11.1. The average Bonchev–Trinajstić information content (AvgIpc) is 3.73. The SMILES string of the molecule is CCCCCn1c(N2CCCN(CCC(CN(C)C(=O)c3cc(-n4cnnn4)ccc3OC)c3ccc(F)cc3)CC2)nc2ccccc21. The van der Waals surface area contributed by atoms with E-state index in [0.717, 1.165) is 75.6 Å². The predicted octanol–water partition coefficient (Wildman–Crippen LogP) is 5.81. The van der Waals surface area contributed by atoms with E-state index in [9.17, 15) is 9.18 Å². The summed E-state index contributed by atoms with van der Waals surface area (Å²) >= 11 is 0. The van der Waals surface area contributed by atoms with Crippen molar-refractivity contribution in [3.63, 3.8) is 0 Å². The smallest absolute Gasteiger partial charge is 0.257 e. The molecule has 1 unspecified atom stereocenters. The number of amides is 1. The molecule has 49 heavy (non-hydrogen) atoms. The number of likely N-dealkylation sites (N-methyl/N-ethyl adjacent to an activating group) is 1. The maximum atomic E-state index is 14.0. The van der Waals surface area contributed by atoms with Gasteiger partial charge in [0.2, 0.25) is 5.95 Å². The number of hydrogen-bond acceptors (Lipinski definition) is 8. The van der Waals surface area contributed by atoms with Crippen LogP contribution >= 0.6 is 0 Å². The van der Waals surface area contributed by atoms with Crippen molar-refractivity contribution in [3.05, 3.63) is 90.0 Å². The number of carbonyl (C=O) groups excluding carboxylic acids is 1. The highest BCUT2D eigenvalue weighted by atomic mass is 19.1. The molecule has 5 aromatic rings. The van der Waals surface area contributed by atoms with Crippen LogP contribution in [0.3, 0.4) is 0 Å². The van der Waals surface area contributed by atoms with Gasteiger partial charge in [0.05, 0.1) is 29.4 Å². The van der Waals surface area contributed by atoms with Crippen LogP contribution in [0.15, 0.2) is 73.1 Å². The third-order valence-corrected chi connectivity index (χ3v) is 9.49.